The standard InChI is InChI=1S/C12H14N2O2S/c1-8-3-4-10(11(5-8)15-2)16-7-9-6-14-12(13)17-9/h3-6H,7H2,1-2H3,(H2,13,14). The van der Waals surface area contributed by atoms with Crippen molar-refractivity contribution in [2.24, 2.45) is 0 Å². The van der Waals surface area contributed by atoms with Crippen LogP contribution in [0.1, 0.15) is 10.4 Å². The molecule has 0 spiro atoms. The molecule has 0 saturated carbocycles. The number of aromatic nitrogens is 1. The zero-order chi connectivity index (χ0) is 12.3. The van der Waals surface area contributed by atoms with Gasteiger partial charge in [-0.2, -0.15) is 0 Å². The fourth-order valence-corrected chi connectivity index (χ4v) is 2.03. The molecule has 0 aliphatic heterocycles. The maximum atomic E-state index is 5.67. The van der Waals surface area contributed by atoms with E-state index in [-0.39, 0.29) is 0 Å². The Balaban J connectivity index is 2.08. The Hall–Kier alpha value is -1.75. The number of nitrogen functional groups attached to an aromatic ring is 1. The van der Waals surface area contributed by atoms with Crippen LogP contribution in [0.15, 0.2) is 24.4 Å². The second kappa shape index (κ2) is 5.05. The van der Waals surface area contributed by atoms with Crippen LogP contribution in [0.25, 0.3) is 0 Å². The molecule has 0 unspecified atom stereocenters. The van der Waals surface area contributed by atoms with Crippen LogP contribution in [0.2, 0.25) is 0 Å². The molecule has 0 saturated heterocycles. The van der Waals surface area contributed by atoms with Gasteiger partial charge < -0.3 is 15.2 Å². The number of methoxy groups -OCH3 is 1. The molecule has 1 aromatic heterocycles. The number of thiazole rings is 1. The summed E-state index contributed by atoms with van der Waals surface area (Å²) in [6, 6.07) is 5.83. The normalized spacial score (nSPS) is 10.2. The van der Waals surface area contributed by atoms with E-state index < -0.39 is 0 Å². The second-order valence-corrected chi connectivity index (χ2v) is 4.75. The van der Waals surface area contributed by atoms with Crippen molar-refractivity contribution in [2.75, 3.05) is 12.8 Å². The van der Waals surface area contributed by atoms with Crippen LogP contribution in [-0.4, -0.2) is 12.1 Å². The number of aryl methyl sites for hydroxylation is 1. The minimum absolute atomic E-state index is 0.453. The summed E-state index contributed by atoms with van der Waals surface area (Å²) < 4.78 is 10.9. The van der Waals surface area contributed by atoms with Crippen LogP contribution in [-0.2, 0) is 6.61 Å². The lowest BCUT2D eigenvalue weighted by molar-refractivity contribution is 0.287. The van der Waals surface area contributed by atoms with Gasteiger partial charge in [-0.15, -0.1) is 0 Å². The number of rotatable bonds is 4. The van der Waals surface area contributed by atoms with E-state index in [0.717, 1.165) is 21.9 Å². The van der Waals surface area contributed by atoms with Gasteiger partial charge >= 0.3 is 0 Å². The van der Waals surface area contributed by atoms with Crippen molar-refractivity contribution in [3.05, 3.63) is 34.8 Å². The Bertz CT molecular complexity index is 511. The fraction of sp³-hybridized carbons (Fsp3) is 0.250. The number of nitrogens with two attached hydrogens (primary N) is 1. The van der Waals surface area contributed by atoms with Crippen molar-refractivity contribution in [3.63, 3.8) is 0 Å². The molecule has 0 bridgehead atoms. The molecule has 0 atom stereocenters. The number of hydrogen-bond donors (Lipinski definition) is 1. The molecular formula is C12H14N2O2S. The molecule has 0 fully saturated rings. The summed E-state index contributed by atoms with van der Waals surface area (Å²) in [7, 11) is 1.63. The average Bonchev–Trinajstić information content (AvgIpc) is 2.73. The van der Waals surface area contributed by atoms with Gasteiger partial charge in [-0.25, -0.2) is 4.98 Å². The van der Waals surface area contributed by atoms with Crippen molar-refractivity contribution in [3.8, 4) is 11.5 Å². The quantitative estimate of drug-likeness (QED) is 0.906. The van der Waals surface area contributed by atoms with Gasteiger partial charge in [0.15, 0.2) is 16.6 Å². The maximum Gasteiger partial charge on any atom is 0.180 e. The molecule has 0 aliphatic carbocycles. The zero-order valence-corrected chi connectivity index (χ0v) is 10.6. The van der Waals surface area contributed by atoms with Crippen molar-refractivity contribution in [1.82, 2.24) is 4.98 Å². The van der Waals surface area contributed by atoms with Crippen molar-refractivity contribution in [2.45, 2.75) is 13.5 Å². The van der Waals surface area contributed by atoms with Crippen molar-refractivity contribution in [1.29, 1.82) is 0 Å². The van der Waals surface area contributed by atoms with Crippen molar-refractivity contribution < 1.29 is 9.47 Å². The monoisotopic (exact) mass is 250 g/mol. The third-order valence-electron chi connectivity index (χ3n) is 2.26. The van der Waals surface area contributed by atoms with E-state index in [4.69, 9.17) is 15.2 Å². The molecule has 4 nitrogen and oxygen atoms in total. The first-order valence-electron chi connectivity index (χ1n) is 5.16. The van der Waals surface area contributed by atoms with Crippen LogP contribution in [0.3, 0.4) is 0 Å². The molecule has 1 aromatic carbocycles. The lowest BCUT2D eigenvalue weighted by Gasteiger charge is -2.10. The molecular weight excluding hydrogens is 236 g/mol. The minimum Gasteiger partial charge on any atom is -0.493 e. The first kappa shape index (κ1) is 11.7. The van der Waals surface area contributed by atoms with Crippen LogP contribution >= 0.6 is 11.3 Å². The number of hydrogen-bond acceptors (Lipinski definition) is 5. The third kappa shape index (κ3) is 2.88. The lowest BCUT2D eigenvalue weighted by atomic mass is 10.2. The first-order chi connectivity index (χ1) is 8.19. The number of ether oxygens (including phenoxy) is 2. The molecule has 0 radical (unpaired) electrons. The molecule has 5 heteroatoms. The SMILES string of the molecule is COc1cc(C)ccc1OCc1cnc(N)s1. The summed E-state index contributed by atoms with van der Waals surface area (Å²) in [4.78, 5) is 4.96. The molecule has 2 rings (SSSR count). The fourth-order valence-electron chi connectivity index (χ4n) is 1.43. The van der Waals surface area contributed by atoms with E-state index in [1.165, 1.54) is 11.3 Å². The molecule has 0 aliphatic rings. The van der Waals surface area contributed by atoms with Crippen LogP contribution < -0.4 is 15.2 Å². The smallest absolute Gasteiger partial charge is 0.180 e. The lowest BCUT2D eigenvalue weighted by Crippen LogP contribution is -1.96. The summed E-state index contributed by atoms with van der Waals surface area (Å²) in [5.41, 5.74) is 6.69. The van der Waals surface area contributed by atoms with E-state index in [0.29, 0.717) is 11.7 Å². The molecule has 2 aromatic rings. The van der Waals surface area contributed by atoms with Gasteiger partial charge in [0, 0.05) is 6.20 Å². The highest BCUT2D eigenvalue weighted by atomic mass is 32.1. The van der Waals surface area contributed by atoms with Gasteiger partial charge in [-0.3, -0.25) is 0 Å². The summed E-state index contributed by atoms with van der Waals surface area (Å²) in [6.45, 7) is 2.46. The second-order valence-electron chi connectivity index (χ2n) is 3.61. The van der Waals surface area contributed by atoms with E-state index in [1.807, 2.05) is 25.1 Å². The molecule has 0 amide bonds. The largest absolute Gasteiger partial charge is 0.493 e. The Labute approximate surface area is 104 Å². The van der Waals surface area contributed by atoms with Crippen LogP contribution in [0.5, 0.6) is 11.5 Å². The maximum absolute atomic E-state index is 5.67. The predicted octanol–water partition coefficient (Wildman–Crippen LogP) is 2.62. The molecule has 90 valence electrons. The predicted molar refractivity (Wildman–Crippen MR) is 68.6 cm³/mol. The highest BCUT2D eigenvalue weighted by Gasteiger charge is 2.06. The number of benzene rings is 1. The van der Waals surface area contributed by atoms with Gasteiger partial charge in [0.25, 0.3) is 0 Å². The van der Waals surface area contributed by atoms with Crippen LogP contribution in [0.4, 0.5) is 5.13 Å². The Morgan fingerprint density at radius 3 is 2.82 bits per heavy atom. The third-order valence-corrected chi connectivity index (χ3v) is 3.06. The highest BCUT2D eigenvalue weighted by molar-refractivity contribution is 7.15. The van der Waals surface area contributed by atoms with E-state index >= 15 is 0 Å². The summed E-state index contributed by atoms with van der Waals surface area (Å²) >= 11 is 1.42. The summed E-state index contributed by atoms with van der Waals surface area (Å²) in [6.07, 6.45) is 1.72. The van der Waals surface area contributed by atoms with Gasteiger partial charge in [0.1, 0.15) is 6.61 Å². The molecule has 2 N–H and O–H groups in total. The summed E-state index contributed by atoms with van der Waals surface area (Å²) in [5, 5.41) is 0.555. The minimum atomic E-state index is 0.453. The Morgan fingerprint density at radius 2 is 2.18 bits per heavy atom. The average molecular weight is 250 g/mol. The van der Waals surface area contributed by atoms with E-state index in [1.54, 1.807) is 13.3 Å². The number of nitrogens with zero attached hydrogens (tertiary/aromatic N) is 1. The first-order valence-corrected chi connectivity index (χ1v) is 5.98. The van der Waals surface area contributed by atoms with Gasteiger partial charge in [-0.05, 0) is 24.6 Å². The zero-order valence-electron chi connectivity index (χ0n) is 9.77. The van der Waals surface area contributed by atoms with Crippen molar-refractivity contribution >= 4 is 16.5 Å². The van der Waals surface area contributed by atoms with Crippen LogP contribution in [0, 0.1) is 6.92 Å². The van der Waals surface area contributed by atoms with Gasteiger partial charge in [-0.1, -0.05) is 17.4 Å². The van der Waals surface area contributed by atoms with Gasteiger partial charge in [0.2, 0.25) is 0 Å². The van der Waals surface area contributed by atoms with E-state index in [2.05, 4.69) is 4.98 Å². The van der Waals surface area contributed by atoms with E-state index in [9.17, 15) is 0 Å². The topological polar surface area (TPSA) is 57.4 Å². The number of anilines is 1. The summed E-state index contributed by atoms with van der Waals surface area (Å²) in [5.74, 6) is 1.47. The molecule has 17 heavy (non-hydrogen) atoms. The Morgan fingerprint density at radius 1 is 1.35 bits per heavy atom. The van der Waals surface area contributed by atoms with Gasteiger partial charge in [0.05, 0.1) is 12.0 Å². The highest BCUT2D eigenvalue weighted by Crippen LogP contribution is 2.29. The Kier molecular flexibility index (Phi) is 3.49. The molecule has 1 heterocycles.